The highest BCUT2D eigenvalue weighted by Crippen LogP contribution is 2.18. The molecule has 2 fully saturated rings. The summed E-state index contributed by atoms with van der Waals surface area (Å²) in [6.45, 7) is 1.32. The first-order valence-electron chi connectivity index (χ1n) is 6.42. The van der Waals surface area contributed by atoms with E-state index in [0.29, 0.717) is 6.42 Å². The van der Waals surface area contributed by atoms with Gasteiger partial charge in [-0.15, -0.1) is 0 Å². The molecular weight excluding hydrogens is 222 g/mol. The Balaban J connectivity index is 1.70. The Morgan fingerprint density at radius 3 is 2.53 bits per heavy atom. The Labute approximate surface area is 101 Å². The summed E-state index contributed by atoms with van der Waals surface area (Å²) in [5.41, 5.74) is 0. The Morgan fingerprint density at radius 1 is 1.24 bits per heavy atom. The van der Waals surface area contributed by atoms with Crippen LogP contribution in [0.25, 0.3) is 0 Å². The molecule has 2 N–H and O–H groups in total. The van der Waals surface area contributed by atoms with Gasteiger partial charge in [0, 0.05) is 26.1 Å². The third-order valence-electron chi connectivity index (χ3n) is 3.57. The van der Waals surface area contributed by atoms with Crippen molar-refractivity contribution in [2.24, 2.45) is 0 Å². The smallest absolute Gasteiger partial charge is 0.222 e. The van der Waals surface area contributed by atoms with Gasteiger partial charge in [-0.2, -0.15) is 0 Å². The van der Waals surface area contributed by atoms with E-state index in [9.17, 15) is 15.0 Å². The number of amides is 1. The molecule has 0 spiro atoms. The molecule has 0 aromatic heterocycles. The normalized spacial score (nSPS) is 34.0. The van der Waals surface area contributed by atoms with Gasteiger partial charge >= 0.3 is 0 Å². The molecule has 0 aliphatic carbocycles. The van der Waals surface area contributed by atoms with Crippen LogP contribution >= 0.6 is 0 Å². The van der Waals surface area contributed by atoms with Gasteiger partial charge < -0.3 is 19.8 Å². The second-order valence-electron chi connectivity index (χ2n) is 4.96. The van der Waals surface area contributed by atoms with Gasteiger partial charge in [0.05, 0.1) is 18.3 Å². The maximum atomic E-state index is 11.8. The number of carbonyl (C=O) groups excluding carboxylic acids is 1. The van der Waals surface area contributed by atoms with Crippen molar-refractivity contribution < 1.29 is 19.7 Å². The predicted molar refractivity (Wildman–Crippen MR) is 61.4 cm³/mol. The molecular formula is C12H21NO4. The van der Waals surface area contributed by atoms with Crippen molar-refractivity contribution in [3.8, 4) is 0 Å². The number of nitrogens with zero attached hydrogens (tertiary/aromatic N) is 1. The summed E-state index contributed by atoms with van der Waals surface area (Å²) < 4.78 is 5.56. The number of ether oxygens (including phenoxy) is 1. The first-order chi connectivity index (χ1) is 8.16. The van der Waals surface area contributed by atoms with Crippen molar-refractivity contribution >= 4 is 5.91 Å². The topological polar surface area (TPSA) is 70.0 Å². The Hall–Kier alpha value is -0.650. The first kappa shape index (κ1) is 12.8. The highest BCUT2D eigenvalue weighted by atomic mass is 16.5. The molecule has 3 unspecified atom stereocenters. The SMILES string of the molecule is O=C(CCC1CCCCO1)N1CC(O)C(O)C1. The van der Waals surface area contributed by atoms with Crippen molar-refractivity contribution in [1.82, 2.24) is 4.90 Å². The van der Waals surface area contributed by atoms with Crippen LogP contribution in [0.4, 0.5) is 0 Å². The molecule has 3 atom stereocenters. The number of rotatable bonds is 3. The number of likely N-dealkylation sites (tertiary alicyclic amines) is 1. The van der Waals surface area contributed by atoms with E-state index in [-0.39, 0.29) is 25.1 Å². The minimum atomic E-state index is -0.787. The Kier molecular flexibility index (Phi) is 4.36. The lowest BCUT2D eigenvalue weighted by Crippen LogP contribution is -2.31. The largest absolute Gasteiger partial charge is 0.388 e. The van der Waals surface area contributed by atoms with Crippen LogP contribution in [0.15, 0.2) is 0 Å². The summed E-state index contributed by atoms with van der Waals surface area (Å²) in [6, 6.07) is 0. The summed E-state index contributed by atoms with van der Waals surface area (Å²) in [6.07, 6.45) is 3.18. The van der Waals surface area contributed by atoms with E-state index in [1.165, 1.54) is 11.3 Å². The van der Waals surface area contributed by atoms with Gasteiger partial charge in [-0.05, 0) is 25.7 Å². The van der Waals surface area contributed by atoms with E-state index in [2.05, 4.69) is 0 Å². The van der Waals surface area contributed by atoms with Crippen LogP contribution in [0.2, 0.25) is 0 Å². The minimum absolute atomic E-state index is 0.00905. The van der Waals surface area contributed by atoms with Crippen LogP contribution in [0.5, 0.6) is 0 Å². The van der Waals surface area contributed by atoms with Gasteiger partial charge in [0.1, 0.15) is 0 Å². The van der Waals surface area contributed by atoms with Crippen LogP contribution in [0, 0.1) is 0 Å². The van der Waals surface area contributed by atoms with Crippen LogP contribution in [-0.4, -0.2) is 59.0 Å². The van der Waals surface area contributed by atoms with E-state index in [4.69, 9.17) is 4.74 Å². The van der Waals surface area contributed by atoms with Gasteiger partial charge in [-0.3, -0.25) is 4.79 Å². The quantitative estimate of drug-likeness (QED) is 0.726. The fraction of sp³-hybridized carbons (Fsp3) is 0.917. The van der Waals surface area contributed by atoms with Crippen molar-refractivity contribution in [3.05, 3.63) is 0 Å². The molecule has 1 amide bonds. The summed E-state index contributed by atoms with van der Waals surface area (Å²) in [5, 5.41) is 18.7. The van der Waals surface area contributed by atoms with Crippen LogP contribution in [0.1, 0.15) is 32.1 Å². The van der Waals surface area contributed by atoms with E-state index in [1.807, 2.05) is 0 Å². The third-order valence-corrected chi connectivity index (χ3v) is 3.57. The second-order valence-corrected chi connectivity index (χ2v) is 4.96. The molecule has 0 bridgehead atoms. The average molecular weight is 243 g/mol. The number of aliphatic hydroxyl groups is 2. The number of β-amino-alcohol motifs (C(OH)–C–C–N with tert-alkyl or cyclic N) is 2. The van der Waals surface area contributed by atoms with Crippen molar-refractivity contribution in [1.29, 1.82) is 0 Å². The zero-order valence-corrected chi connectivity index (χ0v) is 10.0. The predicted octanol–water partition coefficient (Wildman–Crippen LogP) is -0.100. The fourth-order valence-electron chi connectivity index (χ4n) is 2.45. The molecule has 5 heteroatoms. The highest BCUT2D eigenvalue weighted by molar-refractivity contribution is 5.76. The Morgan fingerprint density at radius 2 is 1.94 bits per heavy atom. The molecule has 17 heavy (non-hydrogen) atoms. The lowest BCUT2D eigenvalue weighted by molar-refractivity contribution is -0.131. The molecule has 2 aliphatic heterocycles. The van der Waals surface area contributed by atoms with Crippen LogP contribution in [-0.2, 0) is 9.53 Å². The minimum Gasteiger partial charge on any atom is -0.388 e. The molecule has 2 saturated heterocycles. The molecule has 2 heterocycles. The number of hydrogen-bond donors (Lipinski definition) is 2. The molecule has 0 aromatic carbocycles. The summed E-state index contributed by atoms with van der Waals surface area (Å²) in [5.74, 6) is 0.00905. The molecule has 0 aromatic rings. The van der Waals surface area contributed by atoms with Gasteiger partial charge in [-0.25, -0.2) is 0 Å². The highest BCUT2D eigenvalue weighted by Gasteiger charge is 2.32. The monoisotopic (exact) mass is 243 g/mol. The number of hydrogen-bond acceptors (Lipinski definition) is 4. The zero-order valence-electron chi connectivity index (χ0n) is 10.0. The molecule has 0 saturated carbocycles. The van der Waals surface area contributed by atoms with E-state index in [0.717, 1.165) is 25.9 Å². The van der Waals surface area contributed by atoms with E-state index in [1.54, 1.807) is 0 Å². The number of aliphatic hydroxyl groups excluding tert-OH is 2. The first-order valence-corrected chi connectivity index (χ1v) is 6.42. The van der Waals surface area contributed by atoms with Crippen molar-refractivity contribution in [2.75, 3.05) is 19.7 Å². The molecule has 98 valence electrons. The van der Waals surface area contributed by atoms with Crippen molar-refractivity contribution in [3.63, 3.8) is 0 Å². The molecule has 0 radical (unpaired) electrons. The van der Waals surface area contributed by atoms with Crippen LogP contribution < -0.4 is 0 Å². The second kappa shape index (κ2) is 5.80. The van der Waals surface area contributed by atoms with Crippen molar-refractivity contribution in [2.45, 2.75) is 50.4 Å². The van der Waals surface area contributed by atoms with Gasteiger partial charge in [0.2, 0.25) is 5.91 Å². The van der Waals surface area contributed by atoms with Gasteiger partial charge in [-0.1, -0.05) is 0 Å². The molecule has 2 aliphatic rings. The summed E-state index contributed by atoms with van der Waals surface area (Å²) in [4.78, 5) is 13.4. The maximum absolute atomic E-state index is 11.8. The van der Waals surface area contributed by atoms with Gasteiger partial charge in [0.25, 0.3) is 0 Å². The standard InChI is InChI=1S/C12H21NO4/c14-10-7-13(8-11(10)15)12(16)5-4-9-3-1-2-6-17-9/h9-11,14-15H,1-8H2. The number of carbonyl (C=O) groups is 1. The lowest BCUT2D eigenvalue weighted by atomic mass is 10.0. The van der Waals surface area contributed by atoms with Crippen LogP contribution in [0.3, 0.4) is 0 Å². The summed E-state index contributed by atoms with van der Waals surface area (Å²) in [7, 11) is 0. The van der Waals surface area contributed by atoms with Gasteiger partial charge in [0.15, 0.2) is 0 Å². The summed E-state index contributed by atoms with van der Waals surface area (Å²) >= 11 is 0. The van der Waals surface area contributed by atoms with E-state index < -0.39 is 12.2 Å². The van der Waals surface area contributed by atoms with E-state index >= 15 is 0 Å². The third kappa shape index (κ3) is 3.40. The molecule has 2 rings (SSSR count). The fourth-order valence-corrected chi connectivity index (χ4v) is 2.45. The zero-order chi connectivity index (χ0) is 12.3. The maximum Gasteiger partial charge on any atom is 0.222 e. The average Bonchev–Trinajstić information content (AvgIpc) is 2.68. The Bertz CT molecular complexity index is 255. The molecule has 5 nitrogen and oxygen atoms in total. The lowest BCUT2D eigenvalue weighted by Gasteiger charge is -2.23.